The van der Waals surface area contributed by atoms with Gasteiger partial charge < -0.3 is 5.32 Å². The van der Waals surface area contributed by atoms with Crippen molar-refractivity contribution < 1.29 is 4.79 Å². The van der Waals surface area contributed by atoms with Gasteiger partial charge in [0.15, 0.2) is 0 Å². The van der Waals surface area contributed by atoms with Crippen LogP contribution in [0.1, 0.15) is 33.1 Å². The molecular weight excluding hydrogens is 310 g/mol. The molecule has 0 spiro atoms. The maximum absolute atomic E-state index is 12.3. The average molecular weight is 335 g/mol. The lowest BCUT2D eigenvalue weighted by molar-refractivity contribution is -0.117. The minimum atomic E-state index is 0.146. The average Bonchev–Trinajstić information content (AvgIpc) is 3.40. The largest absolute Gasteiger partial charge is 0.326 e. The Morgan fingerprint density at radius 1 is 1.04 bits per heavy atom. The number of hydrogen-bond acceptors (Lipinski definition) is 3. The molecule has 1 amide bonds. The summed E-state index contributed by atoms with van der Waals surface area (Å²) in [5.41, 5.74) is 2.40. The molecule has 25 heavy (non-hydrogen) atoms. The Morgan fingerprint density at radius 2 is 1.68 bits per heavy atom. The van der Waals surface area contributed by atoms with Gasteiger partial charge in [-0.25, -0.2) is 0 Å². The highest BCUT2D eigenvalue weighted by Crippen LogP contribution is 2.43. The van der Waals surface area contributed by atoms with Crippen molar-refractivity contribution in [2.75, 3.05) is 5.32 Å². The van der Waals surface area contributed by atoms with Crippen LogP contribution in [-0.2, 0) is 4.79 Å². The molecular formula is C21H25N3O. The molecule has 0 unspecified atom stereocenters. The summed E-state index contributed by atoms with van der Waals surface area (Å²) in [5, 5.41) is 11.4. The van der Waals surface area contributed by atoms with E-state index in [2.05, 4.69) is 29.4 Å². The van der Waals surface area contributed by atoms with E-state index in [1.807, 2.05) is 54.6 Å². The summed E-state index contributed by atoms with van der Waals surface area (Å²) in [4.78, 5) is 12.3. The van der Waals surface area contributed by atoms with E-state index < -0.39 is 0 Å². The van der Waals surface area contributed by atoms with Crippen LogP contribution in [0.25, 0.3) is 0 Å². The van der Waals surface area contributed by atoms with Crippen molar-refractivity contribution in [3.63, 3.8) is 0 Å². The van der Waals surface area contributed by atoms with Crippen molar-refractivity contribution in [3.05, 3.63) is 54.6 Å². The third-order valence-electron chi connectivity index (χ3n) is 4.55. The van der Waals surface area contributed by atoms with Crippen LogP contribution in [-0.4, -0.2) is 5.91 Å². The summed E-state index contributed by atoms with van der Waals surface area (Å²) in [6.45, 7) is 4.46. The van der Waals surface area contributed by atoms with Crippen LogP contribution in [0.5, 0.6) is 0 Å². The van der Waals surface area contributed by atoms with E-state index in [0.29, 0.717) is 11.8 Å². The first-order chi connectivity index (χ1) is 12.1. The number of carbonyl (C=O) groups is 1. The summed E-state index contributed by atoms with van der Waals surface area (Å²) < 4.78 is 0. The van der Waals surface area contributed by atoms with Gasteiger partial charge in [-0.15, -0.1) is 0 Å². The van der Waals surface area contributed by atoms with Crippen molar-refractivity contribution in [1.82, 2.24) is 0 Å². The van der Waals surface area contributed by atoms with E-state index in [9.17, 15) is 4.79 Å². The van der Waals surface area contributed by atoms with E-state index in [0.717, 1.165) is 29.9 Å². The molecule has 1 N–H and O–H groups in total. The van der Waals surface area contributed by atoms with E-state index in [-0.39, 0.29) is 11.8 Å². The van der Waals surface area contributed by atoms with E-state index in [1.165, 1.54) is 6.42 Å². The SMILES string of the molecule is CC(C)CC[C@@H]1C[C@H]1C(=O)Nc1ccc(N=Nc2ccccc2)cc1. The molecule has 4 heteroatoms. The van der Waals surface area contributed by atoms with Gasteiger partial charge in [-0.2, -0.15) is 10.2 Å². The molecule has 2 aromatic carbocycles. The van der Waals surface area contributed by atoms with Crippen LogP contribution in [0, 0.1) is 17.8 Å². The van der Waals surface area contributed by atoms with Crippen LogP contribution in [0.15, 0.2) is 64.8 Å². The fourth-order valence-electron chi connectivity index (χ4n) is 2.89. The van der Waals surface area contributed by atoms with Crippen molar-refractivity contribution in [1.29, 1.82) is 0 Å². The Kier molecular flexibility index (Phi) is 5.59. The fraction of sp³-hybridized carbons (Fsp3) is 0.381. The summed E-state index contributed by atoms with van der Waals surface area (Å²) in [7, 11) is 0. The van der Waals surface area contributed by atoms with Crippen LogP contribution in [0.2, 0.25) is 0 Å². The van der Waals surface area contributed by atoms with Crippen LogP contribution in [0.3, 0.4) is 0 Å². The molecule has 0 radical (unpaired) electrons. The van der Waals surface area contributed by atoms with E-state index in [4.69, 9.17) is 0 Å². The third-order valence-corrected chi connectivity index (χ3v) is 4.55. The van der Waals surface area contributed by atoms with Crippen LogP contribution in [0.4, 0.5) is 17.1 Å². The number of azo groups is 1. The zero-order valence-electron chi connectivity index (χ0n) is 14.9. The number of amides is 1. The highest BCUT2D eigenvalue weighted by molar-refractivity contribution is 5.94. The number of anilines is 1. The third kappa shape index (κ3) is 5.24. The second-order valence-corrected chi connectivity index (χ2v) is 7.15. The maximum Gasteiger partial charge on any atom is 0.227 e. The van der Waals surface area contributed by atoms with Crippen LogP contribution < -0.4 is 5.32 Å². The number of nitrogens with zero attached hydrogens (tertiary/aromatic N) is 2. The fourth-order valence-corrected chi connectivity index (χ4v) is 2.89. The first-order valence-corrected chi connectivity index (χ1v) is 8.99. The first-order valence-electron chi connectivity index (χ1n) is 8.99. The molecule has 2 atom stereocenters. The number of carbonyl (C=O) groups excluding carboxylic acids is 1. The lowest BCUT2D eigenvalue weighted by Gasteiger charge is -2.06. The normalized spacial score (nSPS) is 19.3. The topological polar surface area (TPSA) is 53.8 Å². The molecule has 1 fully saturated rings. The van der Waals surface area contributed by atoms with Gasteiger partial charge in [-0.3, -0.25) is 4.79 Å². The summed E-state index contributed by atoms with van der Waals surface area (Å²) in [6, 6.07) is 17.1. The summed E-state index contributed by atoms with van der Waals surface area (Å²) in [6.07, 6.45) is 3.39. The number of hydrogen-bond donors (Lipinski definition) is 1. The molecule has 0 aromatic heterocycles. The minimum absolute atomic E-state index is 0.146. The highest BCUT2D eigenvalue weighted by Gasteiger charge is 2.42. The molecule has 0 aliphatic heterocycles. The Bertz CT molecular complexity index is 723. The molecule has 3 rings (SSSR count). The number of rotatable bonds is 7. The first kappa shape index (κ1) is 17.3. The zero-order chi connectivity index (χ0) is 17.6. The maximum atomic E-state index is 12.3. The highest BCUT2D eigenvalue weighted by atomic mass is 16.2. The summed E-state index contributed by atoms with van der Waals surface area (Å²) >= 11 is 0. The van der Waals surface area contributed by atoms with Crippen molar-refractivity contribution >= 4 is 23.0 Å². The monoisotopic (exact) mass is 335 g/mol. The molecule has 0 heterocycles. The lowest BCUT2D eigenvalue weighted by atomic mass is 10.0. The zero-order valence-corrected chi connectivity index (χ0v) is 14.9. The molecule has 1 saturated carbocycles. The van der Waals surface area contributed by atoms with Gasteiger partial charge in [0, 0.05) is 11.6 Å². The molecule has 2 aromatic rings. The molecule has 1 aliphatic rings. The van der Waals surface area contributed by atoms with Crippen LogP contribution >= 0.6 is 0 Å². The second kappa shape index (κ2) is 8.06. The summed E-state index contributed by atoms with van der Waals surface area (Å²) in [5.74, 6) is 1.62. The Balaban J connectivity index is 1.50. The van der Waals surface area contributed by atoms with E-state index >= 15 is 0 Å². The Hall–Kier alpha value is -2.49. The van der Waals surface area contributed by atoms with Crippen molar-refractivity contribution in [3.8, 4) is 0 Å². The van der Waals surface area contributed by atoms with Gasteiger partial charge in [0.25, 0.3) is 0 Å². The quantitative estimate of drug-likeness (QED) is 0.609. The van der Waals surface area contributed by atoms with Gasteiger partial charge in [0.2, 0.25) is 5.91 Å². The van der Waals surface area contributed by atoms with Crippen molar-refractivity contribution in [2.24, 2.45) is 28.0 Å². The van der Waals surface area contributed by atoms with Gasteiger partial charge in [-0.05, 0) is 61.1 Å². The van der Waals surface area contributed by atoms with Gasteiger partial charge >= 0.3 is 0 Å². The number of nitrogens with one attached hydrogen (secondary N) is 1. The lowest BCUT2D eigenvalue weighted by Crippen LogP contribution is -2.14. The molecule has 130 valence electrons. The molecule has 1 aliphatic carbocycles. The molecule has 0 bridgehead atoms. The van der Waals surface area contributed by atoms with Gasteiger partial charge in [0.05, 0.1) is 11.4 Å². The number of benzene rings is 2. The predicted octanol–water partition coefficient (Wildman–Crippen LogP) is 6.11. The second-order valence-electron chi connectivity index (χ2n) is 7.15. The molecule has 0 saturated heterocycles. The standard InChI is InChI=1S/C21H25N3O/c1-15(2)8-9-16-14-20(16)21(25)22-17-10-12-19(13-11-17)24-23-18-6-4-3-5-7-18/h3-7,10-13,15-16,20H,8-9,14H2,1-2H3,(H,22,25)/t16-,20-/m1/s1. The predicted molar refractivity (Wildman–Crippen MR) is 101 cm³/mol. The Labute approximate surface area is 149 Å². The van der Waals surface area contributed by atoms with Gasteiger partial charge in [0.1, 0.15) is 0 Å². The Morgan fingerprint density at radius 3 is 2.32 bits per heavy atom. The minimum Gasteiger partial charge on any atom is -0.326 e. The molecule has 4 nitrogen and oxygen atoms in total. The van der Waals surface area contributed by atoms with E-state index in [1.54, 1.807) is 0 Å². The smallest absolute Gasteiger partial charge is 0.227 e. The van der Waals surface area contributed by atoms with Gasteiger partial charge in [-0.1, -0.05) is 38.5 Å². The van der Waals surface area contributed by atoms with Crippen molar-refractivity contribution in [2.45, 2.75) is 33.1 Å².